The Labute approximate surface area is 126 Å². The van der Waals surface area contributed by atoms with E-state index in [1.807, 2.05) is 0 Å². The van der Waals surface area contributed by atoms with Gasteiger partial charge in [0.2, 0.25) is 6.33 Å². The van der Waals surface area contributed by atoms with Gasteiger partial charge in [0.1, 0.15) is 12.4 Å². The van der Waals surface area contributed by atoms with Crippen molar-refractivity contribution in [1.82, 2.24) is 4.57 Å². The second kappa shape index (κ2) is 6.89. The highest BCUT2D eigenvalue weighted by Crippen LogP contribution is 2.02. The Bertz CT molecular complexity index is 598. The minimum Gasteiger partial charge on any atom is -0.236 e. The van der Waals surface area contributed by atoms with Crippen molar-refractivity contribution >= 4 is 0 Å². The first kappa shape index (κ1) is 13.6. The second-order valence-corrected chi connectivity index (χ2v) is 5.36. The van der Waals surface area contributed by atoms with E-state index >= 15 is 0 Å². The van der Waals surface area contributed by atoms with Crippen LogP contribution in [0.25, 0.3) is 0 Å². The molecule has 0 amide bonds. The van der Waals surface area contributed by atoms with Crippen LogP contribution >= 0.6 is 0 Å². The van der Waals surface area contributed by atoms with Crippen molar-refractivity contribution in [3.8, 4) is 0 Å². The van der Waals surface area contributed by atoms with Gasteiger partial charge in [-0.25, -0.2) is 9.13 Å². The Morgan fingerprint density at radius 1 is 0.762 bits per heavy atom. The maximum absolute atomic E-state index is 2.26. The van der Waals surface area contributed by atoms with Crippen molar-refractivity contribution in [2.45, 2.75) is 25.9 Å². The zero-order valence-corrected chi connectivity index (χ0v) is 12.2. The number of benzene rings is 2. The Morgan fingerprint density at radius 3 is 2.05 bits per heavy atom. The molecular weight excluding hydrogens is 256 g/mol. The molecule has 0 spiro atoms. The smallest absolute Gasteiger partial charge is 0.236 e. The lowest BCUT2D eigenvalue weighted by Gasteiger charge is -1.99. The largest absolute Gasteiger partial charge is 0.243 e. The molecule has 0 atom stereocenters. The van der Waals surface area contributed by atoms with Gasteiger partial charge in [-0.2, -0.15) is 0 Å². The van der Waals surface area contributed by atoms with E-state index in [0.29, 0.717) is 0 Å². The third kappa shape index (κ3) is 4.06. The molecule has 2 nitrogen and oxygen atoms in total. The maximum atomic E-state index is 2.26. The highest BCUT2D eigenvalue weighted by atomic mass is 15.1. The fourth-order valence-electron chi connectivity index (χ4n) is 2.51. The molecule has 0 bridgehead atoms. The summed E-state index contributed by atoms with van der Waals surface area (Å²) in [6.45, 7) is 2.06. The molecule has 0 saturated heterocycles. The Morgan fingerprint density at radius 2 is 1.38 bits per heavy atom. The van der Waals surface area contributed by atoms with Crippen LogP contribution in [0.15, 0.2) is 79.4 Å². The summed E-state index contributed by atoms with van der Waals surface area (Å²) in [4.78, 5) is 0. The summed E-state index contributed by atoms with van der Waals surface area (Å²) in [7, 11) is 0. The minimum atomic E-state index is 1.03. The standard InChI is InChI=1S/C19H21N2/c1-3-7-18(8-4-1)11-13-20-15-16-21(17-20)14-12-19-9-5-2-6-10-19/h1-10,15-17H,11-14H2/q+1. The first-order valence-corrected chi connectivity index (χ1v) is 7.53. The summed E-state index contributed by atoms with van der Waals surface area (Å²) in [5, 5.41) is 0. The van der Waals surface area contributed by atoms with Crippen molar-refractivity contribution in [3.63, 3.8) is 0 Å². The molecule has 0 saturated carbocycles. The van der Waals surface area contributed by atoms with Gasteiger partial charge in [-0.1, -0.05) is 60.7 Å². The molecule has 1 aromatic heterocycles. The highest BCUT2D eigenvalue weighted by Gasteiger charge is 2.04. The van der Waals surface area contributed by atoms with Crippen LogP contribution in [-0.4, -0.2) is 4.57 Å². The number of aromatic nitrogens is 2. The lowest BCUT2D eigenvalue weighted by atomic mass is 10.1. The summed E-state index contributed by atoms with van der Waals surface area (Å²) >= 11 is 0. The molecule has 0 fully saturated rings. The molecule has 3 aromatic rings. The van der Waals surface area contributed by atoms with Gasteiger partial charge in [-0.15, -0.1) is 0 Å². The topological polar surface area (TPSA) is 8.81 Å². The van der Waals surface area contributed by atoms with E-state index in [4.69, 9.17) is 0 Å². The van der Waals surface area contributed by atoms with Crippen LogP contribution in [0.5, 0.6) is 0 Å². The van der Waals surface area contributed by atoms with E-state index in [1.165, 1.54) is 11.1 Å². The lowest BCUT2D eigenvalue weighted by molar-refractivity contribution is -0.696. The van der Waals surface area contributed by atoms with Crippen LogP contribution in [0.3, 0.4) is 0 Å². The van der Waals surface area contributed by atoms with E-state index in [9.17, 15) is 0 Å². The van der Waals surface area contributed by atoms with Crippen molar-refractivity contribution < 1.29 is 4.57 Å². The van der Waals surface area contributed by atoms with Crippen LogP contribution in [0.2, 0.25) is 0 Å². The fourth-order valence-corrected chi connectivity index (χ4v) is 2.51. The van der Waals surface area contributed by atoms with Gasteiger partial charge in [-0.05, 0) is 11.1 Å². The Balaban J connectivity index is 1.52. The summed E-state index contributed by atoms with van der Waals surface area (Å²) in [5.74, 6) is 0. The van der Waals surface area contributed by atoms with Gasteiger partial charge in [-0.3, -0.25) is 0 Å². The second-order valence-electron chi connectivity index (χ2n) is 5.36. The summed E-state index contributed by atoms with van der Waals surface area (Å²) in [6.07, 6.45) is 8.68. The van der Waals surface area contributed by atoms with Gasteiger partial charge >= 0.3 is 0 Å². The molecule has 0 radical (unpaired) electrons. The lowest BCUT2D eigenvalue weighted by Crippen LogP contribution is -2.32. The Hall–Kier alpha value is -2.35. The molecule has 0 aliphatic carbocycles. The van der Waals surface area contributed by atoms with Crippen LogP contribution in [0.1, 0.15) is 11.1 Å². The van der Waals surface area contributed by atoms with Gasteiger partial charge < -0.3 is 0 Å². The molecular formula is C19H21N2+. The zero-order valence-electron chi connectivity index (χ0n) is 12.2. The average molecular weight is 277 g/mol. The van der Waals surface area contributed by atoms with Crippen molar-refractivity contribution in [2.75, 3.05) is 0 Å². The number of hydrogen-bond acceptors (Lipinski definition) is 0. The third-order valence-corrected chi connectivity index (χ3v) is 3.75. The quantitative estimate of drug-likeness (QED) is 0.612. The Kier molecular flexibility index (Phi) is 4.47. The molecule has 106 valence electrons. The van der Waals surface area contributed by atoms with Crippen LogP contribution < -0.4 is 4.57 Å². The third-order valence-electron chi connectivity index (χ3n) is 3.75. The van der Waals surface area contributed by atoms with E-state index in [1.54, 1.807) is 0 Å². The number of aryl methyl sites for hydroxylation is 4. The number of rotatable bonds is 6. The minimum absolute atomic E-state index is 1.03. The average Bonchev–Trinajstić information content (AvgIpc) is 3.01. The number of imidazole rings is 1. The predicted molar refractivity (Wildman–Crippen MR) is 84.9 cm³/mol. The van der Waals surface area contributed by atoms with Crippen LogP contribution in [-0.2, 0) is 25.9 Å². The monoisotopic (exact) mass is 277 g/mol. The van der Waals surface area contributed by atoms with Gasteiger partial charge in [0.05, 0.1) is 13.1 Å². The van der Waals surface area contributed by atoms with E-state index in [-0.39, 0.29) is 0 Å². The molecule has 0 aliphatic heterocycles. The van der Waals surface area contributed by atoms with E-state index in [2.05, 4.69) is 88.5 Å². The van der Waals surface area contributed by atoms with E-state index < -0.39 is 0 Å². The van der Waals surface area contributed by atoms with Gasteiger partial charge in [0, 0.05) is 12.8 Å². The predicted octanol–water partition coefficient (Wildman–Crippen LogP) is 3.26. The molecule has 0 N–H and O–H groups in total. The maximum Gasteiger partial charge on any atom is 0.243 e. The molecule has 0 aliphatic rings. The summed E-state index contributed by atoms with van der Waals surface area (Å²) in [6, 6.07) is 21.3. The van der Waals surface area contributed by atoms with Crippen molar-refractivity contribution in [3.05, 3.63) is 90.5 Å². The van der Waals surface area contributed by atoms with Crippen LogP contribution in [0.4, 0.5) is 0 Å². The molecule has 21 heavy (non-hydrogen) atoms. The van der Waals surface area contributed by atoms with Gasteiger partial charge in [0.25, 0.3) is 0 Å². The zero-order chi connectivity index (χ0) is 14.3. The van der Waals surface area contributed by atoms with Crippen molar-refractivity contribution in [2.24, 2.45) is 0 Å². The van der Waals surface area contributed by atoms with Crippen molar-refractivity contribution in [1.29, 1.82) is 0 Å². The first-order chi connectivity index (χ1) is 10.4. The molecule has 2 aromatic carbocycles. The number of nitrogens with zero attached hydrogens (tertiary/aromatic N) is 2. The fraction of sp³-hybridized carbons (Fsp3) is 0.211. The molecule has 3 rings (SSSR count). The summed E-state index contributed by atoms with van der Waals surface area (Å²) < 4.78 is 4.52. The molecule has 2 heteroatoms. The number of hydrogen-bond donors (Lipinski definition) is 0. The van der Waals surface area contributed by atoms with Crippen LogP contribution in [0, 0.1) is 0 Å². The first-order valence-electron chi connectivity index (χ1n) is 7.53. The SMILES string of the molecule is c1ccc(CCn2cc[n+](CCc3ccccc3)c2)cc1. The van der Waals surface area contributed by atoms with E-state index in [0.717, 1.165) is 25.9 Å². The summed E-state index contributed by atoms with van der Waals surface area (Å²) in [5.41, 5.74) is 2.78. The molecule has 1 heterocycles. The molecule has 0 unspecified atom stereocenters. The normalized spacial score (nSPS) is 10.7. The van der Waals surface area contributed by atoms with Gasteiger partial charge in [0.15, 0.2) is 0 Å². The highest BCUT2D eigenvalue weighted by molar-refractivity contribution is 5.15.